The Morgan fingerprint density at radius 3 is 2.30 bits per heavy atom. The summed E-state index contributed by atoms with van der Waals surface area (Å²) in [6.07, 6.45) is -0.287. The Labute approximate surface area is 122 Å². The van der Waals surface area contributed by atoms with Gasteiger partial charge in [-0.05, 0) is 43.7 Å². The van der Waals surface area contributed by atoms with Gasteiger partial charge in [0.05, 0.1) is 11.2 Å². The predicted octanol–water partition coefficient (Wildman–Crippen LogP) is 4.69. The highest BCUT2D eigenvalue weighted by atomic mass is 28.2. The van der Waals surface area contributed by atoms with Crippen molar-refractivity contribution in [3.63, 3.8) is 0 Å². The summed E-state index contributed by atoms with van der Waals surface area (Å²) in [5.41, 5.74) is -0.0862. The number of hydrogen-bond acceptors (Lipinski definition) is 1. The van der Waals surface area contributed by atoms with E-state index in [2.05, 4.69) is 10.5 Å². The topological polar surface area (TPSA) is 9.23 Å². The number of rotatable bonds is 7. The number of halogens is 3. The average Bonchev–Trinajstić information content (AvgIpc) is 2.44. The van der Waals surface area contributed by atoms with E-state index in [1.807, 2.05) is 13.8 Å². The van der Waals surface area contributed by atoms with Gasteiger partial charge in [-0.15, -0.1) is 0 Å². The van der Waals surface area contributed by atoms with E-state index in [0.717, 1.165) is 37.3 Å². The Kier molecular flexibility index (Phi) is 6.26. The number of aryl methyl sites for hydroxylation is 1. The fourth-order valence-corrected chi connectivity index (χ4v) is 2.71. The molecule has 0 fully saturated rings. The normalized spacial score (nSPS) is 12.7. The Balaban J connectivity index is 2.62. The molecule has 111 valence electrons. The molecule has 0 aliphatic heterocycles. The molecular formula is C15H20F3OSi. The van der Waals surface area contributed by atoms with E-state index in [1.54, 1.807) is 6.07 Å². The van der Waals surface area contributed by atoms with E-state index in [4.69, 9.17) is 4.43 Å². The highest BCUT2D eigenvalue weighted by molar-refractivity contribution is 5.98. The molecule has 20 heavy (non-hydrogen) atoms. The van der Waals surface area contributed by atoms with E-state index in [0.29, 0.717) is 6.42 Å². The smallest absolute Gasteiger partial charge is 0.413 e. The van der Waals surface area contributed by atoms with E-state index < -0.39 is 11.7 Å². The van der Waals surface area contributed by atoms with Gasteiger partial charge in [0.15, 0.2) is 0 Å². The standard InChI is InChI=1S/C15H20F3OSi/c1-3-14(4-2,19-20)10-6-8-12-7-5-9-13(11-12)15(16,17)18/h5,7,9,11H,3-4,6,8,10H2,1-2H3. The summed E-state index contributed by atoms with van der Waals surface area (Å²) in [6, 6.07) is 5.54. The summed E-state index contributed by atoms with van der Waals surface area (Å²) in [7, 11) is 3.12. The summed E-state index contributed by atoms with van der Waals surface area (Å²) < 4.78 is 43.2. The van der Waals surface area contributed by atoms with Crippen molar-refractivity contribution < 1.29 is 17.6 Å². The summed E-state index contributed by atoms with van der Waals surface area (Å²) in [5, 5.41) is 0. The van der Waals surface area contributed by atoms with Crippen molar-refractivity contribution in [1.82, 2.24) is 0 Å². The van der Waals surface area contributed by atoms with Gasteiger partial charge < -0.3 is 4.43 Å². The zero-order valence-corrected chi connectivity index (χ0v) is 12.9. The maximum Gasteiger partial charge on any atom is 0.416 e. The lowest BCUT2D eigenvalue weighted by Gasteiger charge is -2.30. The first-order valence-corrected chi connectivity index (χ1v) is 7.28. The van der Waals surface area contributed by atoms with Crippen LogP contribution in [0, 0.1) is 0 Å². The first kappa shape index (κ1) is 17.2. The van der Waals surface area contributed by atoms with Crippen LogP contribution in [0.3, 0.4) is 0 Å². The van der Waals surface area contributed by atoms with Crippen LogP contribution in [0.25, 0.3) is 0 Å². The first-order valence-electron chi connectivity index (χ1n) is 6.87. The molecule has 3 radical (unpaired) electrons. The van der Waals surface area contributed by atoms with Crippen molar-refractivity contribution in [3.05, 3.63) is 35.4 Å². The average molecular weight is 301 g/mol. The van der Waals surface area contributed by atoms with Crippen LogP contribution >= 0.6 is 0 Å². The SMILES string of the molecule is CCC(CC)(CCCc1cccc(C(F)(F)F)c1)O[Si]. The van der Waals surface area contributed by atoms with Crippen molar-refractivity contribution in [3.8, 4) is 0 Å². The fourth-order valence-electron chi connectivity index (χ4n) is 2.32. The Hall–Kier alpha value is -0.813. The highest BCUT2D eigenvalue weighted by Crippen LogP contribution is 2.30. The van der Waals surface area contributed by atoms with Gasteiger partial charge in [0.25, 0.3) is 0 Å². The largest absolute Gasteiger partial charge is 0.416 e. The minimum atomic E-state index is -4.27. The van der Waals surface area contributed by atoms with Crippen molar-refractivity contribution in [2.45, 2.75) is 57.7 Å². The second kappa shape index (κ2) is 7.27. The van der Waals surface area contributed by atoms with Crippen LogP contribution in [0.15, 0.2) is 24.3 Å². The lowest BCUT2D eigenvalue weighted by atomic mass is 9.90. The van der Waals surface area contributed by atoms with Crippen LogP contribution < -0.4 is 0 Å². The molecule has 0 unspecified atom stereocenters. The third kappa shape index (κ3) is 4.63. The maximum atomic E-state index is 12.6. The summed E-state index contributed by atoms with van der Waals surface area (Å²) in [4.78, 5) is 0. The zero-order chi connectivity index (χ0) is 15.2. The summed E-state index contributed by atoms with van der Waals surface area (Å²) in [5.74, 6) is 0. The van der Waals surface area contributed by atoms with Crippen LogP contribution in [0.4, 0.5) is 13.2 Å². The van der Waals surface area contributed by atoms with Crippen molar-refractivity contribution in [1.29, 1.82) is 0 Å². The van der Waals surface area contributed by atoms with Crippen LogP contribution in [0.2, 0.25) is 0 Å². The molecular weight excluding hydrogens is 281 g/mol. The van der Waals surface area contributed by atoms with Gasteiger partial charge in [-0.1, -0.05) is 32.0 Å². The molecule has 0 bridgehead atoms. The van der Waals surface area contributed by atoms with Gasteiger partial charge in [-0.25, -0.2) is 0 Å². The molecule has 1 nitrogen and oxygen atoms in total. The lowest BCUT2D eigenvalue weighted by Crippen LogP contribution is -2.30. The third-order valence-electron chi connectivity index (χ3n) is 3.86. The van der Waals surface area contributed by atoms with Crippen LogP contribution in [0.1, 0.15) is 50.7 Å². The minimum absolute atomic E-state index is 0.224. The first-order chi connectivity index (χ1) is 9.37. The van der Waals surface area contributed by atoms with E-state index in [1.165, 1.54) is 12.1 Å². The molecule has 0 spiro atoms. The molecule has 0 aromatic heterocycles. The number of benzene rings is 1. The van der Waals surface area contributed by atoms with Gasteiger partial charge in [0.1, 0.15) is 0 Å². The Morgan fingerprint density at radius 1 is 1.15 bits per heavy atom. The van der Waals surface area contributed by atoms with Crippen molar-refractivity contribution in [2.75, 3.05) is 0 Å². The second-order valence-corrected chi connectivity index (χ2v) is 5.25. The molecule has 0 atom stereocenters. The van der Waals surface area contributed by atoms with E-state index >= 15 is 0 Å². The summed E-state index contributed by atoms with van der Waals surface area (Å²) >= 11 is 0. The molecule has 0 saturated carbocycles. The molecule has 0 amide bonds. The van der Waals surface area contributed by atoms with E-state index in [-0.39, 0.29) is 5.60 Å². The molecule has 0 aliphatic rings. The number of hydrogen-bond donors (Lipinski definition) is 0. The fraction of sp³-hybridized carbons (Fsp3) is 0.600. The molecule has 1 aromatic rings. The van der Waals surface area contributed by atoms with Crippen molar-refractivity contribution >= 4 is 10.5 Å². The van der Waals surface area contributed by atoms with Crippen LogP contribution in [0.5, 0.6) is 0 Å². The predicted molar refractivity (Wildman–Crippen MR) is 74.5 cm³/mol. The number of alkyl halides is 3. The molecule has 0 aliphatic carbocycles. The molecule has 0 N–H and O–H groups in total. The molecule has 1 rings (SSSR count). The monoisotopic (exact) mass is 301 g/mol. The third-order valence-corrected chi connectivity index (χ3v) is 4.29. The van der Waals surface area contributed by atoms with E-state index in [9.17, 15) is 13.2 Å². The summed E-state index contributed by atoms with van der Waals surface area (Å²) in [6.45, 7) is 4.10. The quantitative estimate of drug-likeness (QED) is 0.664. The Bertz CT molecular complexity index is 406. The van der Waals surface area contributed by atoms with Gasteiger partial charge in [0, 0.05) is 0 Å². The highest BCUT2D eigenvalue weighted by Gasteiger charge is 2.30. The molecule has 1 aromatic carbocycles. The van der Waals surface area contributed by atoms with Crippen LogP contribution in [-0.4, -0.2) is 16.1 Å². The van der Waals surface area contributed by atoms with Gasteiger partial charge in [-0.2, -0.15) is 13.2 Å². The van der Waals surface area contributed by atoms with Crippen molar-refractivity contribution in [2.24, 2.45) is 0 Å². The minimum Gasteiger partial charge on any atom is -0.413 e. The molecule has 5 heteroatoms. The van der Waals surface area contributed by atoms with Crippen LogP contribution in [-0.2, 0) is 17.0 Å². The van der Waals surface area contributed by atoms with Gasteiger partial charge >= 0.3 is 6.18 Å². The second-order valence-electron chi connectivity index (χ2n) is 5.04. The van der Waals surface area contributed by atoms with Gasteiger partial charge in [0.2, 0.25) is 10.5 Å². The molecule has 0 heterocycles. The Morgan fingerprint density at radius 2 is 1.80 bits per heavy atom. The van der Waals surface area contributed by atoms with Gasteiger partial charge in [-0.3, -0.25) is 0 Å². The zero-order valence-electron chi connectivity index (χ0n) is 11.9. The lowest BCUT2D eigenvalue weighted by molar-refractivity contribution is -0.137. The molecule has 0 saturated heterocycles. The maximum absolute atomic E-state index is 12.6.